The average Bonchev–Trinajstić information content (AvgIpc) is 2.83. The largest absolute Gasteiger partial charge is 0.320 e. The fraction of sp³-hybridized carbons (Fsp3) is 0.406. The van der Waals surface area contributed by atoms with Gasteiger partial charge in [0.1, 0.15) is 5.69 Å². The van der Waals surface area contributed by atoms with Gasteiger partial charge >= 0.3 is 0 Å². The number of nitrogens with one attached hydrogen (secondary N) is 1. The predicted molar refractivity (Wildman–Crippen MR) is 153 cm³/mol. The zero-order valence-electron chi connectivity index (χ0n) is 23.3. The first-order valence-electron chi connectivity index (χ1n) is 13.1. The molecule has 3 aromatic rings. The number of benzene rings is 2. The lowest BCUT2D eigenvalue weighted by atomic mass is 9.92. The number of hydrogen-bond acceptors (Lipinski definition) is 3. The molecule has 0 fully saturated rings. The van der Waals surface area contributed by atoms with Crippen molar-refractivity contribution in [3.05, 3.63) is 88.2 Å². The van der Waals surface area contributed by atoms with Crippen LogP contribution in [0.5, 0.6) is 0 Å². The number of amides is 1. The average molecular weight is 484 g/mol. The van der Waals surface area contributed by atoms with Crippen LogP contribution in [-0.4, -0.2) is 16.6 Å². The Morgan fingerprint density at radius 3 is 1.56 bits per heavy atom. The molecule has 190 valence electrons. The van der Waals surface area contributed by atoms with Crippen molar-refractivity contribution in [2.45, 2.75) is 86.0 Å². The standard InChI is InChI=1S/C32H41N3O/c1-19(2)24-13-10-14-25(20(3)4)30(24)33-23(9)28-17-12-18-29(34-28)32(36)35-31-26(21(5)6)15-11-16-27(31)22(7)8/h10-22H,1-9H3,(H,35,36). The summed E-state index contributed by atoms with van der Waals surface area (Å²) in [6.45, 7) is 19.3. The Bertz CT molecular complexity index is 1200. The molecule has 0 aliphatic rings. The second-order valence-electron chi connectivity index (χ2n) is 10.8. The highest BCUT2D eigenvalue weighted by Crippen LogP contribution is 2.35. The van der Waals surface area contributed by atoms with E-state index in [9.17, 15) is 4.79 Å². The quantitative estimate of drug-likeness (QED) is 0.325. The van der Waals surface area contributed by atoms with Crippen molar-refractivity contribution in [3.63, 3.8) is 0 Å². The molecule has 1 amide bonds. The highest BCUT2D eigenvalue weighted by Gasteiger charge is 2.19. The molecule has 0 saturated heterocycles. The summed E-state index contributed by atoms with van der Waals surface area (Å²) in [4.78, 5) is 23.1. The monoisotopic (exact) mass is 483 g/mol. The SMILES string of the molecule is CC(=Nc1c(C(C)C)cccc1C(C)C)c1cccc(C(=O)Nc2c(C(C)C)cccc2C(C)C)n1. The maximum Gasteiger partial charge on any atom is 0.274 e. The summed E-state index contributed by atoms with van der Waals surface area (Å²) >= 11 is 0. The molecule has 0 spiro atoms. The topological polar surface area (TPSA) is 54.4 Å². The first-order chi connectivity index (χ1) is 17.0. The van der Waals surface area contributed by atoms with Crippen LogP contribution in [0.2, 0.25) is 0 Å². The van der Waals surface area contributed by atoms with Crippen molar-refractivity contribution in [1.82, 2.24) is 4.98 Å². The number of pyridine rings is 1. The Labute approximate surface area is 217 Å². The Hall–Kier alpha value is -3.27. The van der Waals surface area contributed by atoms with Crippen LogP contribution in [0, 0.1) is 0 Å². The second-order valence-corrected chi connectivity index (χ2v) is 10.8. The van der Waals surface area contributed by atoms with Gasteiger partial charge in [-0.1, -0.05) is 97.9 Å². The summed E-state index contributed by atoms with van der Waals surface area (Å²) in [5.74, 6) is 1.10. The van der Waals surface area contributed by atoms with Crippen LogP contribution in [0.25, 0.3) is 0 Å². The third-order valence-corrected chi connectivity index (χ3v) is 6.59. The second kappa shape index (κ2) is 11.6. The molecule has 36 heavy (non-hydrogen) atoms. The summed E-state index contributed by atoms with van der Waals surface area (Å²) in [5, 5.41) is 3.18. The number of nitrogens with zero attached hydrogens (tertiary/aromatic N) is 2. The normalized spacial score (nSPS) is 12.2. The van der Waals surface area contributed by atoms with Gasteiger partial charge in [0.05, 0.1) is 17.1 Å². The van der Waals surface area contributed by atoms with Gasteiger partial charge in [-0.25, -0.2) is 4.98 Å². The van der Waals surface area contributed by atoms with E-state index in [1.165, 1.54) is 11.1 Å². The van der Waals surface area contributed by atoms with E-state index in [1.54, 1.807) is 6.07 Å². The van der Waals surface area contributed by atoms with Crippen molar-refractivity contribution < 1.29 is 4.79 Å². The molecule has 2 aromatic carbocycles. The van der Waals surface area contributed by atoms with Gasteiger partial charge in [0.25, 0.3) is 5.91 Å². The molecule has 0 radical (unpaired) electrons. The molecule has 0 saturated carbocycles. The number of carbonyl (C=O) groups excluding carboxylic acids is 1. The Balaban J connectivity index is 2.00. The molecule has 0 aliphatic heterocycles. The maximum absolute atomic E-state index is 13.4. The van der Waals surface area contributed by atoms with Crippen molar-refractivity contribution in [2.24, 2.45) is 4.99 Å². The number of aliphatic imine (C=N–C) groups is 1. The summed E-state index contributed by atoms with van der Waals surface area (Å²) in [6, 6.07) is 18.2. The van der Waals surface area contributed by atoms with E-state index in [-0.39, 0.29) is 5.91 Å². The number of para-hydroxylation sites is 2. The molecule has 4 nitrogen and oxygen atoms in total. The Kier molecular flexibility index (Phi) is 8.84. The zero-order chi connectivity index (χ0) is 26.6. The van der Waals surface area contributed by atoms with E-state index in [0.717, 1.165) is 28.2 Å². The fourth-order valence-electron chi connectivity index (χ4n) is 4.50. The first kappa shape index (κ1) is 27.3. The highest BCUT2D eigenvalue weighted by atomic mass is 16.1. The van der Waals surface area contributed by atoms with Crippen molar-refractivity contribution in [3.8, 4) is 0 Å². The van der Waals surface area contributed by atoms with Crippen molar-refractivity contribution >= 4 is 23.0 Å². The van der Waals surface area contributed by atoms with Crippen LogP contribution in [0.4, 0.5) is 11.4 Å². The third-order valence-electron chi connectivity index (χ3n) is 6.59. The number of carbonyl (C=O) groups is 1. The lowest BCUT2D eigenvalue weighted by Crippen LogP contribution is -2.18. The Morgan fingerprint density at radius 1 is 0.667 bits per heavy atom. The molecular formula is C32H41N3O. The minimum atomic E-state index is -0.204. The first-order valence-corrected chi connectivity index (χ1v) is 13.1. The molecule has 1 N–H and O–H groups in total. The highest BCUT2D eigenvalue weighted by molar-refractivity contribution is 6.05. The molecule has 0 atom stereocenters. The van der Waals surface area contributed by atoms with Gasteiger partial charge < -0.3 is 5.32 Å². The number of rotatable bonds is 8. The lowest BCUT2D eigenvalue weighted by molar-refractivity contribution is 0.102. The van der Waals surface area contributed by atoms with Gasteiger partial charge in [-0.2, -0.15) is 0 Å². The number of anilines is 1. The van der Waals surface area contributed by atoms with Gasteiger partial charge in [-0.3, -0.25) is 9.79 Å². The maximum atomic E-state index is 13.4. The van der Waals surface area contributed by atoms with Crippen LogP contribution >= 0.6 is 0 Å². The fourth-order valence-corrected chi connectivity index (χ4v) is 4.50. The smallest absolute Gasteiger partial charge is 0.274 e. The molecule has 0 unspecified atom stereocenters. The molecule has 1 heterocycles. The lowest BCUT2D eigenvalue weighted by Gasteiger charge is -2.20. The van der Waals surface area contributed by atoms with Crippen LogP contribution < -0.4 is 5.32 Å². The minimum absolute atomic E-state index is 0.204. The molecule has 0 aliphatic carbocycles. The summed E-state index contributed by atoms with van der Waals surface area (Å²) in [6.07, 6.45) is 0. The predicted octanol–water partition coefficient (Wildman–Crippen LogP) is 8.97. The number of hydrogen-bond donors (Lipinski definition) is 1. The summed E-state index contributed by atoms with van der Waals surface area (Å²) in [7, 11) is 0. The molecular weight excluding hydrogens is 442 g/mol. The van der Waals surface area contributed by atoms with Gasteiger partial charge in [0.2, 0.25) is 0 Å². The van der Waals surface area contributed by atoms with Crippen LogP contribution in [0.1, 0.15) is 124 Å². The van der Waals surface area contributed by atoms with Crippen LogP contribution in [0.3, 0.4) is 0 Å². The van der Waals surface area contributed by atoms with Gasteiger partial charge in [0.15, 0.2) is 0 Å². The molecule has 0 bridgehead atoms. The summed E-state index contributed by atoms with van der Waals surface area (Å²) in [5.41, 5.74) is 8.52. The van der Waals surface area contributed by atoms with Gasteiger partial charge in [-0.05, 0) is 65.0 Å². The van der Waals surface area contributed by atoms with Crippen LogP contribution in [0.15, 0.2) is 59.6 Å². The minimum Gasteiger partial charge on any atom is -0.320 e. The van der Waals surface area contributed by atoms with E-state index >= 15 is 0 Å². The van der Waals surface area contributed by atoms with E-state index in [1.807, 2.05) is 19.1 Å². The molecule has 3 rings (SSSR count). The summed E-state index contributed by atoms with van der Waals surface area (Å²) < 4.78 is 0. The van der Waals surface area contributed by atoms with Crippen molar-refractivity contribution in [1.29, 1.82) is 0 Å². The van der Waals surface area contributed by atoms with E-state index in [2.05, 4.69) is 97.1 Å². The van der Waals surface area contributed by atoms with Gasteiger partial charge in [-0.15, -0.1) is 0 Å². The van der Waals surface area contributed by atoms with E-state index in [0.29, 0.717) is 35.1 Å². The molecule has 1 aromatic heterocycles. The van der Waals surface area contributed by atoms with Crippen molar-refractivity contribution in [2.75, 3.05) is 5.32 Å². The molecule has 4 heteroatoms. The zero-order valence-corrected chi connectivity index (χ0v) is 23.3. The third kappa shape index (κ3) is 6.10. The van der Waals surface area contributed by atoms with E-state index < -0.39 is 0 Å². The van der Waals surface area contributed by atoms with E-state index in [4.69, 9.17) is 9.98 Å². The Morgan fingerprint density at radius 2 is 1.08 bits per heavy atom. The van der Waals surface area contributed by atoms with Crippen LogP contribution in [-0.2, 0) is 0 Å². The number of aromatic nitrogens is 1. The van der Waals surface area contributed by atoms with Gasteiger partial charge in [0, 0.05) is 5.69 Å².